The van der Waals surface area contributed by atoms with Crippen LogP contribution in [0.3, 0.4) is 0 Å². The molecule has 0 aliphatic rings. The number of aryl methyl sites for hydroxylation is 2. The molecule has 0 saturated carbocycles. The average Bonchev–Trinajstić information content (AvgIpc) is 2.72. The van der Waals surface area contributed by atoms with Crippen molar-refractivity contribution >= 4 is 17.7 Å². The molecule has 1 amide bonds. The maximum Gasteiger partial charge on any atom is 0.328 e. The summed E-state index contributed by atoms with van der Waals surface area (Å²) in [5, 5.41) is 15.4. The summed E-state index contributed by atoms with van der Waals surface area (Å²) in [7, 11) is 0. The number of rotatable bonds is 3. The molecule has 2 heterocycles. The molecular formula is C12H15N5O3. The summed E-state index contributed by atoms with van der Waals surface area (Å²) in [4.78, 5) is 31.2. The van der Waals surface area contributed by atoms with E-state index >= 15 is 0 Å². The van der Waals surface area contributed by atoms with Gasteiger partial charge in [0.15, 0.2) is 0 Å². The largest absolute Gasteiger partial charge is 0.480 e. The van der Waals surface area contributed by atoms with Gasteiger partial charge in [0.05, 0.1) is 0 Å². The van der Waals surface area contributed by atoms with Crippen LogP contribution in [0, 0.1) is 13.8 Å². The minimum Gasteiger partial charge on any atom is -0.480 e. The fourth-order valence-corrected chi connectivity index (χ4v) is 1.66. The second kappa shape index (κ2) is 4.55. The number of fused-ring (bicyclic) bond motifs is 1. The summed E-state index contributed by atoms with van der Waals surface area (Å²) < 4.78 is 1.44. The number of carboxylic acid groups (broad SMARTS) is 1. The van der Waals surface area contributed by atoms with E-state index in [-0.39, 0.29) is 5.82 Å². The van der Waals surface area contributed by atoms with E-state index in [9.17, 15) is 9.59 Å². The third kappa shape index (κ3) is 2.44. The molecule has 0 saturated heterocycles. The summed E-state index contributed by atoms with van der Waals surface area (Å²) >= 11 is 0. The highest BCUT2D eigenvalue weighted by atomic mass is 16.4. The van der Waals surface area contributed by atoms with Crippen LogP contribution in [0.4, 0.5) is 0 Å². The molecular weight excluding hydrogens is 262 g/mol. The molecule has 0 spiro atoms. The second-order valence-electron chi connectivity index (χ2n) is 5.07. The van der Waals surface area contributed by atoms with Gasteiger partial charge in [-0.05, 0) is 33.8 Å². The molecule has 20 heavy (non-hydrogen) atoms. The van der Waals surface area contributed by atoms with Crippen LogP contribution in [0.25, 0.3) is 5.78 Å². The fraction of sp³-hybridized carbons (Fsp3) is 0.417. The molecule has 0 aliphatic heterocycles. The molecule has 0 bridgehead atoms. The Morgan fingerprint density at radius 3 is 2.55 bits per heavy atom. The predicted octanol–water partition coefficient (Wildman–Crippen LogP) is 0.334. The lowest BCUT2D eigenvalue weighted by molar-refractivity contribution is -0.143. The highest BCUT2D eigenvalue weighted by Gasteiger charge is 2.30. The number of aliphatic carboxylic acids is 1. The van der Waals surface area contributed by atoms with Crippen LogP contribution >= 0.6 is 0 Å². The van der Waals surface area contributed by atoms with E-state index in [4.69, 9.17) is 5.11 Å². The van der Waals surface area contributed by atoms with Gasteiger partial charge in [-0.2, -0.15) is 4.98 Å². The van der Waals surface area contributed by atoms with E-state index in [1.54, 1.807) is 0 Å². The van der Waals surface area contributed by atoms with E-state index < -0.39 is 17.4 Å². The molecule has 106 valence electrons. The van der Waals surface area contributed by atoms with Crippen LogP contribution in [0.1, 0.15) is 35.9 Å². The molecule has 8 heteroatoms. The van der Waals surface area contributed by atoms with E-state index in [0.717, 1.165) is 11.4 Å². The fourth-order valence-electron chi connectivity index (χ4n) is 1.66. The normalized spacial score (nSPS) is 11.6. The molecule has 0 radical (unpaired) electrons. The van der Waals surface area contributed by atoms with Gasteiger partial charge in [0, 0.05) is 11.4 Å². The third-order valence-electron chi connectivity index (χ3n) is 2.78. The van der Waals surface area contributed by atoms with Gasteiger partial charge in [0.25, 0.3) is 11.7 Å². The molecule has 0 fully saturated rings. The van der Waals surface area contributed by atoms with Gasteiger partial charge >= 0.3 is 5.97 Å². The Balaban J connectivity index is 2.37. The molecule has 2 N–H and O–H groups in total. The lowest BCUT2D eigenvalue weighted by Crippen LogP contribution is -2.49. The maximum atomic E-state index is 12.0. The van der Waals surface area contributed by atoms with E-state index in [1.807, 2.05) is 19.9 Å². The number of carbonyl (C=O) groups excluding carboxylic acids is 1. The molecule has 2 aromatic rings. The first-order valence-corrected chi connectivity index (χ1v) is 5.97. The zero-order valence-corrected chi connectivity index (χ0v) is 11.6. The number of carboxylic acids is 1. The molecule has 2 aromatic heterocycles. The first-order valence-electron chi connectivity index (χ1n) is 5.97. The lowest BCUT2D eigenvalue weighted by atomic mass is 10.1. The van der Waals surface area contributed by atoms with Gasteiger partial charge in [-0.1, -0.05) is 0 Å². The van der Waals surface area contributed by atoms with Crippen LogP contribution in [0.5, 0.6) is 0 Å². The molecule has 0 unspecified atom stereocenters. The van der Waals surface area contributed by atoms with Crippen LogP contribution in [0.2, 0.25) is 0 Å². The molecule has 0 aliphatic carbocycles. The van der Waals surface area contributed by atoms with Crippen molar-refractivity contribution in [2.24, 2.45) is 0 Å². The van der Waals surface area contributed by atoms with Crippen LogP contribution in [-0.2, 0) is 4.79 Å². The minimum atomic E-state index is -1.40. The summed E-state index contributed by atoms with van der Waals surface area (Å²) in [6, 6.07) is 1.81. The van der Waals surface area contributed by atoms with Gasteiger partial charge < -0.3 is 10.4 Å². The third-order valence-corrected chi connectivity index (χ3v) is 2.78. The Labute approximate surface area is 114 Å². The molecule has 2 rings (SSSR count). The highest BCUT2D eigenvalue weighted by Crippen LogP contribution is 2.07. The van der Waals surface area contributed by atoms with Crippen molar-refractivity contribution in [2.75, 3.05) is 0 Å². The van der Waals surface area contributed by atoms with E-state index in [0.29, 0.717) is 5.78 Å². The van der Waals surface area contributed by atoms with Crippen molar-refractivity contribution in [3.63, 3.8) is 0 Å². The average molecular weight is 277 g/mol. The number of carbonyl (C=O) groups is 2. The van der Waals surface area contributed by atoms with Crippen molar-refractivity contribution in [1.29, 1.82) is 0 Å². The van der Waals surface area contributed by atoms with E-state index in [2.05, 4.69) is 20.4 Å². The Bertz CT molecular complexity index is 704. The first kappa shape index (κ1) is 13.9. The smallest absolute Gasteiger partial charge is 0.328 e. The SMILES string of the molecule is Cc1cc(C)n2nc(C(=O)NC(C)(C)C(=O)O)nc2n1. The quantitative estimate of drug-likeness (QED) is 0.837. The van der Waals surface area contributed by atoms with Crippen LogP contribution in [0.15, 0.2) is 6.07 Å². The number of amides is 1. The van der Waals surface area contributed by atoms with Gasteiger partial charge in [-0.25, -0.2) is 14.3 Å². The Kier molecular flexibility index (Phi) is 3.16. The van der Waals surface area contributed by atoms with Crippen LogP contribution in [-0.4, -0.2) is 42.1 Å². The van der Waals surface area contributed by atoms with Gasteiger partial charge in [-0.3, -0.25) is 4.79 Å². The molecule has 0 aromatic carbocycles. The van der Waals surface area contributed by atoms with Gasteiger partial charge in [0.1, 0.15) is 5.54 Å². The van der Waals surface area contributed by atoms with Crippen molar-refractivity contribution in [2.45, 2.75) is 33.2 Å². The van der Waals surface area contributed by atoms with Gasteiger partial charge in [0.2, 0.25) is 5.82 Å². The zero-order valence-electron chi connectivity index (χ0n) is 11.6. The number of hydrogen-bond donors (Lipinski definition) is 2. The summed E-state index contributed by atoms with van der Waals surface area (Å²) in [6.07, 6.45) is 0. The number of nitrogens with one attached hydrogen (secondary N) is 1. The number of nitrogens with zero attached hydrogens (tertiary/aromatic N) is 4. The minimum absolute atomic E-state index is 0.111. The Hall–Kier alpha value is -2.51. The zero-order chi connectivity index (χ0) is 15.1. The van der Waals surface area contributed by atoms with Gasteiger partial charge in [-0.15, -0.1) is 5.10 Å². The van der Waals surface area contributed by atoms with Crippen molar-refractivity contribution < 1.29 is 14.7 Å². The summed E-state index contributed by atoms with van der Waals surface area (Å²) in [5.74, 6) is -1.60. The van der Waals surface area contributed by atoms with Crippen molar-refractivity contribution in [3.05, 3.63) is 23.3 Å². The Morgan fingerprint density at radius 2 is 1.95 bits per heavy atom. The number of aromatic nitrogens is 4. The first-order chi connectivity index (χ1) is 9.20. The van der Waals surface area contributed by atoms with Crippen molar-refractivity contribution in [1.82, 2.24) is 24.9 Å². The number of hydrogen-bond acceptors (Lipinski definition) is 5. The Morgan fingerprint density at radius 1 is 1.30 bits per heavy atom. The highest BCUT2D eigenvalue weighted by molar-refractivity contribution is 5.95. The maximum absolute atomic E-state index is 12.0. The standard InChI is InChI=1S/C12H15N5O3/c1-6-5-7(2)17-11(13-6)14-8(16-17)9(18)15-12(3,4)10(19)20/h5H,1-4H3,(H,15,18)(H,19,20). The van der Waals surface area contributed by atoms with Crippen LogP contribution < -0.4 is 5.32 Å². The topological polar surface area (TPSA) is 109 Å². The summed E-state index contributed by atoms with van der Waals surface area (Å²) in [6.45, 7) is 6.40. The van der Waals surface area contributed by atoms with E-state index in [1.165, 1.54) is 18.4 Å². The van der Waals surface area contributed by atoms with Crippen molar-refractivity contribution in [3.8, 4) is 0 Å². The predicted molar refractivity (Wildman–Crippen MR) is 69.4 cm³/mol. The lowest BCUT2D eigenvalue weighted by Gasteiger charge is -2.19. The molecule has 8 nitrogen and oxygen atoms in total. The summed E-state index contributed by atoms with van der Waals surface area (Å²) in [5.41, 5.74) is 0.157. The second-order valence-corrected chi connectivity index (χ2v) is 5.07. The monoisotopic (exact) mass is 277 g/mol. The molecule has 0 atom stereocenters.